The first-order valence-electron chi connectivity index (χ1n) is 19.3. The van der Waals surface area contributed by atoms with Crippen LogP contribution < -0.4 is 40.7 Å². The Kier molecular flexibility index (Phi) is 75.7. The first-order valence-corrected chi connectivity index (χ1v) is 20.4. The van der Waals surface area contributed by atoms with Crippen molar-refractivity contribution in [2.45, 2.75) is 80.4 Å². The molecule has 7 aromatic heterocycles. The number of anilines is 3. The number of hydrogen-bond acceptors (Lipinski definition) is 12. The number of hydrogen-bond donors (Lipinski definition) is 6. The van der Waals surface area contributed by atoms with Gasteiger partial charge in [-0.25, -0.2) is 4.57 Å². The molecule has 7 heterocycles. The Morgan fingerprint density at radius 2 is 1.30 bits per heavy atom. The molecule has 9 N–H and O–H groups in total. The number of rotatable bonds is 6. The van der Waals surface area contributed by atoms with Gasteiger partial charge in [-0.15, -0.1) is 11.6 Å². The molecule has 0 aliphatic carbocycles. The number of halogens is 1. The second-order valence-corrected chi connectivity index (χ2v) is 11.2. The summed E-state index contributed by atoms with van der Waals surface area (Å²) in [5.74, 6) is 2.92. The maximum atomic E-state index is 11.3. The third kappa shape index (κ3) is 28.9. The van der Waals surface area contributed by atoms with E-state index in [0.717, 1.165) is 57.3 Å². The van der Waals surface area contributed by atoms with Gasteiger partial charge in [0.05, 0.1) is 39.1 Å². The van der Waals surface area contributed by atoms with Crippen LogP contribution in [0.1, 0.15) is 61.0 Å². The van der Waals surface area contributed by atoms with E-state index in [1.54, 1.807) is 45.5 Å². The normalized spacial score (nSPS) is 8.06. The molecule has 0 amide bonds. The van der Waals surface area contributed by atoms with Crippen LogP contribution in [0.2, 0.25) is 0 Å². The molecule has 0 fully saturated rings. The van der Waals surface area contributed by atoms with E-state index in [0.29, 0.717) is 27.9 Å². The number of nitrogens with two attached hydrogens (primary N) is 1. The van der Waals surface area contributed by atoms with Crippen molar-refractivity contribution >= 4 is 75.2 Å². The predicted octanol–water partition coefficient (Wildman–Crippen LogP) is 5.78. The number of pyridine rings is 1. The fraction of sp³-hybridized carbons (Fsp3) is 0.425. The van der Waals surface area contributed by atoms with E-state index < -0.39 is 0 Å². The molecule has 0 aromatic carbocycles. The molecular formula is C40H67ClN13O5Pt7SUV+. The fourth-order valence-corrected chi connectivity index (χ4v) is 5.24. The molecule has 18 nitrogen and oxygen atoms in total. The van der Waals surface area contributed by atoms with Gasteiger partial charge in [-0.1, -0.05) is 52.6 Å². The number of alkyl halides is 1. The van der Waals surface area contributed by atoms with Crippen LogP contribution in [0.25, 0.3) is 33.1 Å². The molecule has 69 heavy (non-hydrogen) atoms. The second-order valence-electron chi connectivity index (χ2n) is 10.8. The number of fused-ring (bicyclic) bond motifs is 3. The van der Waals surface area contributed by atoms with Crippen LogP contribution in [0.15, 0.2) is 64.9 Å². The summed E-state index contributed by atoms with van der Waals surface area (Å²) in [5, 5.41) is 17.6. The Balaban J connectivity index is -0.0000000666. The smallest absolute Gasteiger partial charge is 0.396 e. The minimum Gasteiger partial charge on any atom is -0.705 e. The molecule has 0 spiro atoms. The van der Waals surface area contributed by atoms with Crippen molar-refractivity contribution in [2.75, 3.05) is 51.1 Å². The molecule has 7 rings (SSSR count). The molecular weight excluding hydrogens is 2460 g/mol. The molecule has 0 atom stereocenters. The molecule has 1 radical (unpaired) electrons. The summed E-state index contributed by atoms with van der Waals surface area (Å²) in [6, 6.07) is 8.83. The maximum Gasteiger partial charge on any atom is 0.396 e. The van der Waals surface area contributed by atoms with E-state index in [4.69, 9.17) is 20.4 Å². The van der Waals surface area contributed by atoms with Gasteiger partial charge in [0.15, 0.2) is 0 Å². The number of aromatic amines is 2. The maximum absolute atomic E-state index is 11.3. The van der Waals surface area contributed by atoms with Crippen molar-refractivity contribution in [3.8, 4) is 11.8 Å². The summed E-state index contributed by atoms with van der Waals surface area (Å²) >= 11 is 9.31. The van der Waals surface area contributed by atoms with Gasteiger partial charge in [-0.2, -0.15) is 15.0 Å². The molecule has 413 valence electrons. The standard InChI is InChI=1S/2C10H14N4O.C8H10N4O.C5H5NOS.3C2H6.CH3Cl.H2O.7Pt.U.V/c1-6-5-12-8-7(6)9(15-4)14(3)10(11-2)13-8;1-4-14-6-5-7-8(14)12-10(11-2)13-9(7)15-3;1-2-12-4-3-5-6(12)10-8(9)11-7(5)13;7-6-4-2-1-3-5(6)8;4*1-2;;;;;;;;;;/h5H,1-4H3,(H,11,12,13);5-6H,4H2,1-3H3,(H,11,12,13);3-4H,2H2,1H3,(H3,9,10,11,13);1-4,7H;3*1-2H3;1H3;1H2;;;;;;;;;/p+1. The van der Waals surface area contributed by atoms with E-state index in [-0.39, 0.29) is 214 Å². The van der Waals surface area contributed by atoms with Gasteiger partial charge in [0.1, 0.15) is 21.7 Å². The summed E-state index contributed by atoms with van der Waals surface area (Å²) in [6.07, 6.45) is 8.70. The molecule has 0 unspecified atom stereocenters. The topological polar surface area (TPSA) is 238 Å². The van der Waals surface area contributed by atoms with Crippen molar-refractivity contribution in [3.63, 3.8) is 0 Å². The van der Waals surface area contributed by atoms with E-state index in [9.17, 15) is 4.79 Å². The average molecular weight is 2530 g/mol. The second kappa shape index (κ2) is 54.8. The van der Waals surface area contributed by atoms with Crippen molar-refractivity contribution in [1.82, 2.24) is 39.0 Å². The molecule has 0 bridgehead atoms. The number of nitrogens with one attached hydrogen (secondary N) is 4. The van der Waals surface area contributed by atoms with Gasteiger partial charge < -0.3 is 52.7 Å². The zero-order valence-electron chi connectivity index (χ0n) is 40.9. The monoisotopic (exact) mass is 2530 g/mol. The van der Waals surface area contributed by atoms with Gasteiger partial charge in [-0.3, -0.25) is 20.3 Å². The molecule has 0 aliphatic rings. The van der Waals surface area contributed by atoms with Gasteiger partial charge in [0, 0.05) is 248 Å². The number of nitrogens with zero attached hydrogens (tertiary/aromatic N) is 8. The van der Waals surface area contributed by atoms with Crippen molar-refractivity contribution < 1.29 is 227 Å². The van der Waals surface area contributed by atoms with Gasteiger partial charge in [-0.05, 0) is 49.3 Å². The summed E-state index contributed by atoms with van der Waals surface area (Å²) in [6.45, 7) is 19.7. The molecule has 0 aliphatic heterocycles. The SMILES string of the molecule is CC.CC.CC.CCl.CCn1ccc2c(=O)[nH]c(N)nc21.CCn1ccc2c(OC)nc(NC)nc21.CNc1nc2[nH]cc(C)c2c(OC)[n+]1C.O.O[n+]1ccccc1[S-].[Pt].[Pt].[Pt].[Pt].[Pt].[Pt].[Pt].[U].[V]. The zero-order chi connectivity index (χ0) is 45.2. The number of nitrogen functional groups attached to an aromatic ring is 1. The third-order valence-corrected chi connectivity index (χ3v) is 7.98. The Bertz CT molecular complexity index is 2340. The Morgan fingerprint density at radius 3 is 1.71 bits per heavy atom. The Labute approximate surface area is 554 Å². The summed E-state index contributed by atoms with van der Waals surface area (Å²) in [5.41, 5.74) is 8.75. The first kappa shape index (κ1) is 95.3. The van der Waals surface area contributed by atoms with Crippen LogP contribution in [-0.2, 0) is 199 Å². The van der Waals surface area contributed by atoms with Crippen molar-refractivity contribution in [2.24, 2.45) is 7.05 Å². The minimum atomic E-state index is -0.185. The van der Waals surface area contributed by atoms with Crippen LogP contribution in [0.3, 0.4) is 0 Å². The van der Waals surface area contributed by atoms with E-state index in [1.165, 1.54) is 12.6 Å². The summed E-state index contributed by atoms with van der Waals surface area (Å²) in [4.78, 5) is 34.0. The van der Waals surface area contributed by atoms with E-state index in [1.807, 2.05) is 103 Å². The van der Waals surface area contributed by atoms with E-state index >= 15 is 0 Å². The number of aryl methyl sites for hydroxylation is 3. The minimum absolute atomic E-state index is 0. The van der Waals surface area contributed by atoms with Gasteiger partial charge >= 0.3 is 5.95 Å². The zero-order valence-corrected chi connectivity index (χ0v) is 63.9. The van der Waals surface area contributed by atoms with Crippen LogP contribution >= 0.6 is 11.6 Å². The van der Waals surface area contributed by atoms with Crippen LogP contribution in [0.5, 0.6) is 11.8 Å². The fourth-order valence-electron chi connectivity index (χ4n) is 5.10. The largest absolute Gasteiger partial charge is 0.705 e. The molecule has 0 saturated heterocycles. The van der Waals surface area contributed by atoms with Gasteiger partial charge in [0.25, 0.3) is 11.4 Å². The number of methoxy groups -OCH3 is 2. The van der Waals surface area contributed by atoms with Crippen LogP contribution in [0, 0.1) is 38.0 Å². The molecule has 0 saturated carbocycles. The summed E-state index contributed by atoms with van der Waals surface area (Å²) < 4.78 is 17.3. The number of H-pyrrole nitrogens is 2. The van der Waals surface area contributed by atoms with Crippen LogP contribution in [-0.4, -0.2) is 84.4 Å². The van der Waals surface area contributed by atoms with E-state index in [2.05, 4.69) is 76.3 Å². The van der Waals surface area contributed by atoms with Crippen molar-refractivity contribution in [1.29, 1.82) is 0 Å². The van der Waals surface area contributed by atoms with Gasteiger partial charge in [0.2, 0.25) is 29.6 Å². The summed E-state index contributed by atoms with van der Waals surface area (Å²) in [7, 11) is 8.83. The first-order chi connectivity index (χ1) is 28.5. The van der Waals surface area contributed by atoms with Crippen LogP contribution in [0.4, 0.5) is 17.8 Å². The Morgan fingerprint density at radius 1 is 0.812 bits per heavy atom. The average Bonchev–Trinajstić information content (AvgIpc) is 4.01. The number of ether oxygens (including phenoxy) is 2. The third-order valence-electron chi connectivity index (χ3n) is 7.66. The quantitative estimate of drug-likeness (QED) is 0.0503. The predicted molar refractivity (Wildman–Crippen MR) is 247 cm³/mol. The number of aromatic nitrogens is 10. The Hall–Kier alpha value is 0.535. The molecule has 29 heteroatoms. The van der Waals surface area contributed by atoms with Crippen molar-refractivity contribution in [3.05, 3.63) is 71.0 Å². The molecule has 7 aromatic rings.